The fourth-order valence-corrected chi connectivity index (χ4v) is 1.81. The van der Waals surface area contributed by atoms with E-state index in [1.807, 2.05) is 6.92 Å². The minimum atomic E-state index is -0.732. The zero-order chi connectivity index (χ0) is 10.4. The number of carboxylic acids is 1. The second-order valence-corrected chi connectivity index (χ2v) is 3.48. The van der Waals surface area contributed by atoms with Crippen molar-refractivity contribution in [1.29, 1.82) is 0 Å². The molecule has 0 heterocycles. The van der Waals surface area contributed by atoms with Crippen molar-refractivity contribution in [3.63, 3.8) is 0 Å². The van der Waals surface area contributed by atoms with Gasteiger partial charge in [0.2, 0.25) is 0 Å². The van der Waals surface area contributed by atoms with Crippen molar-refractivity contribution in [2.24, 2.45) is 5.92 Å². The Hall–Kier alpha value is -0.610. The van der Waals surface area contributed by atoms with E-state index in [-0.39, 0.29) is 12.0 Å². The van der Waals surface area contributed by atoms with Gasteiger partial charge in [-0.15, -0.1) is 0 Å². The summed E-state index contributed by atoms with van der Waals surface area (Å²) in [5.74, 6) is -1.04. The van der Waals surface area contributed by atoms with Gasteiger partial charge >= 0.3 is 5.97 Å². The number of aliphatic carboxylic acids is 1. The molecule has 0 aromatic rings. The molecule has 1 N–H and O–H groups in total. The molecule has 0 aromatic carbocycles. The van der Waals surface area contributed by atoms with Crippen LogP contribution in [0.25, 0.3) is 0 Å². The number of ether oxygens (including phenoxy) is 2. The highest BCUT2D eigenvalue weighted by atomic mass is 16.5. The molecular weight excluding hydrogens is 184 g/mol. The van der Waals surface area contributed by atoms with Gasteiger partial charge in [-0.3, -0.25) is 4.79 Å². The van der Waals surface area contributed by atoms with E-state index in [0.717, 1.165) is 19.3 Å². The largest absolute Gasteiger partial charge is 0.481 e. The van der Waals surface area contributed by atoms with E-state index in [4.69, 9.17) is 14.6 Å². The van der Waals surface area contributed by atoms with Crippen molar-refractivity contribution >= 4 is 5.97 Å². The Morgan fingerprint density at radius 2 is 2.21 bits per heavy atom. The van der Waals surface area contributed by atoms with Crippen molar-refractivity contribution in [3.05, 3.63) is 0 Å². The summed E-state index contributed by atoms with van der Waals surface area (Å²) in [5.41, 5.74) is 0. The van der Waals surface area contributed by atoms with Crippen LogP contribution < -0.4 is 0 Å². The Bertz CT molecular complexity index is 181. The van der Waals surface area contributed by atoms with Crippen LogP contribution in [-0.4, -0.2) is 37.0 Å². The molecule has 0 aromatic heterocycles. The van der Waals surface area contributed by atoms with Crippen LogP contribution in [0.15, 0.2) is 0 Å². The fourth-order valence-electron chi connectivity index (χ4n) is 1.81. The monoisotopic (exact) mass is 202 g/mol. The standard InChI is InChI=1S/C10H18O4/c1-2-13-6-7-14-9-5-3-4-8(9)10(11)12/h8-9H,2-7H2,1H3,(H,11,12). The van der Waals surface area contributed by atoms with Gasteiger partial charge in [0.15, 0.2) is 0 Å². The highest BCUT2D eigenvalue weighted by Crippen LogP contribution is 2.28. The lowest BCUT2D eigenvalue weighted by Crippen LogP contribution is -2.26. The van der Waals surface area contributed by atoms with Gasteiger partial charge < -0.3 is 14.6 Å². The van der Waals surface area contributed by atoms with Gasteiger partial charge in [-0.2, -0.15) is 0 Å². The first kappa shape index (κ1) is 11.5. The molecule has 1 fully saturated rings. The Morgan fingerprint density at radius 1 is 1.43 bits per heavy atom. The Balaban J connectivity index is 2.19. The minimum Gasteiger partial charge on any atom is -0.481 e. The number of carboxylic acid groups (broad SMARTS) is 1. The maximum Gasteiger partial charge on any atom is 0.309 e. The van der Waals surface area contributed by atoms with Crippen LogP contribution in [0.2, 0.25) is 0 Å². The van der Waals surface area contributed by atoms with Crippen LogP contribution in [0.5, 0.6) is 0 Å². The molecule has 0 saturated heterocycles. The van der Waals surface area contributed by atoms with Crippen LogP contribution in [0.3, 0.4) is 0 Å². The number of rotatable bonds is 6. The summed E-state index contributed by atoms with van der Waals surface area (Å²) < 4.78 is 10.6. The first-order valence-electron chi connectivity index (χ1n) is 5.18. The molecule has 2 atom stereocenters. The van der Waals surface area contributed by atoms with Crippen molar-refractivity contribution in [2.75, 3.05) is 19.8 Å². The third-order valence-corrected chi connectivity index (χ3v) is 2.53. The van der Waals surface area contributed by atoms with Crippen LogP contribution in [0.4, 0.5) is 0 Å². The van der Waals surface area contributed by atoms with Gasteiger partial charge in [0.05, 0.1) is 25.2 Å². The van der Waals surface area contributed by atoms with Crippen LogP contribution in [0, 0.1) is 5.92 Å². The van der Waals surface area contributed by atoms with E-state index in [2.05, 4.69) is 0 Å². The lowest BCUT2D eigenvalue weighted by molar-refractivity contribution is -0.146. The van der Waals surface area contributed by atoms with Crippen molar-refractivity contribution < 1.29 is 19.4 Å². The molecule has 0 spiro atoms. The summed E-state index contributed by atoms with van der Waals surface area (Å²) in [6.07, 6.45) is 2.46. The van der Waals surface area contributed by atoms with Crippen molar-refractivity contribution in [1.82, 2.24) is 0 Å². The maximum atomic E-state index is 10.8. The molecular formula is C10H18O4. The molecule has 1 rings (SSSR count). The lowest BCUT2D eigenvalue weighted by Gasteiger charge is -2.16. The van der Waals surface area contributed by atoms with Crippen LogP contribution >= 0.6 is 0 Å². The molecule has 2 unspecified atom stereocenters. The maximum absolute atomic E-state index is 10.8. The van der Waals surface area contributed by atoms with E-state index < -0.39 is 5.97 Å². The summed E-state index contributed by atoms with van der Waals surface area (Å²) in [6, 6.07) is 0. The molecule has 1 saturated carbocycles. The second kappa shape index (κ2) is 5.98. The lowest BCUT2D eigenvalue weighted by atomic mass is 10.1. The Labute approximate surface area is 84.2 Å². The minimum absolute atomic E-state index is 0.104. The zero-order valence-electron chi connectivity index (χ0n) is 8.57. The quantitative estimate of drug-likeness (QED) is 0.659. The average molecular weight is 202 g/mol. The Kier molecular flexibility index (Phi) is 4.90. The van der Waals surface area contributed by atoms with E-state index in [9.17, 15) is 4.79 Å². The summed E-state index contributed by atoms with van der Waals surface area (Å²) in [6.45, 7) is 3.66. The van der Waals surface area contributed by atoms with E-state index in [1.54, 1.807) is 0 Å². The van der Waals surface area contributed by atoms with Crippen molar-refractivity contribution in [2.45, 2.75) is 32.3 Å². The molecule has 1 aliphatic carbocycles. The average Bonchev–Trinajstić information content (AvgIpc) is 2.60. The van der Waals surface area contributed by atoms with Crippen LogP contribution in [-0.2, 0) is 14.3 Å². The molecule has 14 heavy (non-hydrogen) atoms. The predicted octanol–water partition coefficient (Wildman–Crippen LogP) is 1.29. The number of hydrogen-bond donors (Lipinski definition) is 1. The van der Waals surface area contributed by atoms with Crippen molar-refractivity contribution in [3.8, 4) is 0 Å². The van der Waals surface area contributed by atoms with Gasteiger partial charge in [-0.25, -0.2) is 0 Å². The third kappa shape index (κ3) is 3.27. The molecule has 0 bridgehead atoms. The molecule has 0 aliphatic heterocycles. The Morgan fingerprint density at radius 3 is 2.86 bits per heavy atom. The van der Waals surface area contributed by atoms with Gasteiger partial charge in [-0.1, -0.05) is 0 Å². The van der Waals surface area contributed by atoms with Gasteiger partial charge in [0, 0.05) is 6.61 Å². The topological polar surface area (TPSA) is 55.8 Å². The SMILES string of the molecule is CCOCCOC1CCCC1C(=O)O. The summed E-state index contributed by atoms with van der Waals surface area (Å²) in [7, 11) is 0. The van der Waals surface area contributed by atoms with Gasteiger partial charge in [0.1, 0.15) is 0 Å². The summed E-state index contributed by atoms with van der Waals surface area (Å²) in [5, 5.41) is 8.88. The number of hydrogen-bond acceptors (Lipinski definition) is 3. The van der Waals surface area contributed by atoms with E-state index >= 15 is 0 Å². The molecule has 1 aliphatic rings. The first-order valence-corrected chi connectivity index (χ1v) is 5.18. The van der Waals surface area contributed by atoms with Gasteiger partial charge in [-0.05, 0) is 26.2 Å². The zero-order valence-corrected chi connectivity index (χ0v) is 8.57. The molecule has 4 nitrogen and oxygen atoms in total. The molecule has 0 amide bonds. The summed E-state index contributed by atoms with van der Waals surface area (Å²) in [4.78, 5) is 10.8. The smallest absolute Gasteiger partial charge is 0.309 e. The fraction of sp³-hybridized carbons (Fsp3) is 0.900. The van der Waals surface area contributed by atoms with E-state index in [1.165, 1.54) is 0 Å². The highest BCUT2D eigenvalue weighted by Gasteiger charge is 2.33. The molecule has 4 heteroatoms. The second-order valence-electron chi connectivity index (χ2n) is 3.48. The summed E-state index contributed by atoms with van der Waals surface area (Å²) >= 11 is 0. The number of carbonyl (C=O) groups is 1. The normalized spacial score (nSPS) is 26.6. The molecule has 82 valence electrons. The first-order chi connectivity index (χ1) is 6.75. The van der Waals surface area contributed by atoms with Crippen LogP contribution in [0.1, 0.15) is 26.2 Å². The highest BCUT2D eigenvalue weighted by molar-refractivity contribution is 5.71. The third-order valence-electron chi connectivity index (χ3n) is 2.53. The predicted molar refractivity (Wildman–Crippen MR) is 51.2 cm³/mol. The molecule has 0 radical (unpaired) electrons. The van der Waals surface area contributed by atoms with E-state index in [0.29, 0.717) is 19.8 Å². The van der Waals surface area contributed by atoms with Gasteiger partial charge in [0.25, 0.3) is 0 Å².